The number of hydrogen-bond acceptors (Lipinski definition) is 0. The van der Waals surface area contributed by atoms with Crippen molar-refractivity contribution in [1.82, 2.24) is 4.98 Å². The van der Waals surface area contributed by atoms with Crippen LogP contribution < -0.4 is 0 Å². The Bertz CT molecular complexity index is 626. The first-order valence-corrected chi connectivity index (χ1v) is 6.24. The minimum Gasteiger partial charge on any atom is -0.366 e. The summed E-state index contributed by atoms with van der Waals surface area (Å²) in [7, 11) is 0. The highest BCUT2D eigenvalue weighted by molar-refractivity contribution is 14.1. The molecule has 3 aromatic rings. The summed E-state index contributed by atoms with van der Waals surface area (Å²) >= 11 is 2.37. The summed E-state index contributed by atoms with van der Waals surface area (Å²) in [5.74, 6) is 0. The molecule has 78 valence electrons. The average molecular weight is 319 g/mol. The molecule has 0 bridgehead atoms. The SMILES string of the molecule is Ic1ccc(-c2ccccc2)c2c[nH]cc12. The van der Waals surface area contributed by atoms with E-state index in [1.54, 1.807) is 0 Å². The topological polar surface area (TPSA) is 15.8 Å². The zero-order valence-electron chi connectivity index (χ0n) is 8.57. The number of fused-ring (bicyclic) bond motifs is 1. The number of aromatic amines is 1. The van der Waals surface area contributed by atoms with E-state index in [9.17, 15) is 0 Å². The van der Waals surface area contributed by atoms with Crippen LogP contribution in [0.2, 0.25) is 0 Å². The van der Waals surface area contributed by atoms with Gasteiger partial charge >= 0.3 is 0 Å². The molecule has 0 spiro atoms. The van der Waals surface area contributed by atoms with Crippen molar-refractivity contribution in [2.24, 2.45) is 0 Å². The van der Waals surface area contributed by atoms with Crippen LogP contribution in [0.5, 0.6) is 0 Å². The fraction of sp³-hybridized carbons (Fsp3) is 0. The smallest absolute Gasteiger partial charge is 0.0224 e. The first-order chi connectivity index (χ1) is 7.86. The first-order valence-electron chi connectivity index (χ1n) is 5.17. The molecule has 1 nitrogen and oxygen atoms in total. The van der Waals surface area contributed by atoms with E-state index in [1.165, 1.54) is 25.5 Å². The summed E-state index contributed by atoms with van der Waals surface area (Å²) in [6, 6.07) is 14.8. The van der Waals surface area contributed by atoms with Gasteiger partial charge in [-0.1, -0.05) is 36.4 Å². The Morgan fingerprint density at radius 1 is 0.812 bits per heavy atom. The van der Waals surface area contributed by atoms with Crippen LogP contribution in [0.1, 0.15) is 0 Å². The minimum atomic E-state index is 1.27. The van der Waals surface area contributed by atoms with Gasteiger partial charge in [0.2, 0.25) is 0 Å². The molecule has 0 saturated heterocycles. The number of H-pyrrole nitrogens is 1. The molecule has 16 heavy (non-hydrogen) atoms. The Hall–Kier alpha value is -1.29. The van der Waals surface area contributed by atoms with E-state index in [4.69, 9.17) is 0 Å². The fourth-order valence-corrected chi connectivity index (χ4v) is 2.62. The molecular formula is C14H10IN. The third-order valence-electron chi connectivity index (χ3n) is 2.77. The lowest BCUT2D eigenvalue weighted by atomic mass is 10.0. The second kappa shape index (κ2) is 3.94. The van der Waals surface area contributed by atoms with E-state index in [1.807, 2.05) is 6.07 Å². The third kappa shape index (κ3) is 1.53. The summed E-state index contributed by atoms with van der Waals surface area (Å²) in [5.41, 5.74) is 2.56. The van der Waals surface area contributed by atoms with Crippen LogP contribution in [0.3, 0.4) is 0 Å². The molecule has 2 heteroatoms. The summed E-state index contributed by atoms with van der Waals surface area (Å²) in [6.07, 6.45) is 4.13. The van der Waals surface area contributed by atoms with Crippen molar-refractivity contribution >= 4 is 33.4 Å². The number of halogens is 1. The molecule has 1 N–H and O–H groups in total. The summed E-state index contributed by atoms with van der Waals surface area (Å²) in [6.45, 7) is 0. The highest BCUT2D eigenvalue weighted by Crippen LogP contribution is 2.31. The van der Waals surface area contributed by atoms with Gasteiger partial charge in [-0.05, 0) is 39.8 Å². The number of benzene rings is 2. The summed E-state index contributed by atoms with van der Waals surface area (Å²) in [5, 5.41) is 2.58. The van der Waals surface area contributed by atoms with Crippen LogP contribution in [0.15, 0.2) is 54.9 Å². The molecule has 0 unspecified atom stereocenters. The van der Waals surface area contributed by atoms with Crippen molar-refractivity contribution < 1.29 is 0 Å². The van der Waals surface area contributed by atoms with Crippen molar-refractivity contribution in [3.8, 4) is 11.1 Å². The van der Waals surface area contributed by atoms with E-state index in [0.717, 1.165) is 0 Å². The van der Waals surface area contributed by atoms with Gasteiger partial charge in [0.05, 0.1) is 0 Å². The Labute approximate surface area is 108 Å². The predicted octanol–water partition coefficient (Wildman–Crippen LogP) is 4.44. The Balaban J connectivity index is 2.33. The highest BCUT2D eigenvalue weighted by Gasteiger charge is 2.06. The van der Waals surface area contributed by atoms with Gasteiger partial charge in [-0.15, -0.1) is 0 Å². The van der Waals surface area contributed by atoms with Crippen molar-refractivity contribution in [3.63, 3.8) is 0 Å². The molecule has 0 aliphatic rings. The highest BCUT2D eigenvalue weighted by atomic mass is 127. The van der Waals surface area contributed by atoms with Gasteiger partial charge in [-0.3, -0.25) is 0 Å². The minimum absolute atomic E-state index is 1.27. The molecule has 0 aliphatic carbocycles. The molecule has 0 fully saturated rings. The normalized spacial score (nSPS) is 10.8. The summed E-state index contributed by atoms with van der Waals surface area (Å²) in [4.78, 5) is 3.18. The van der Waals surface area contributed by atoms with Crippen molar-refractivity contribution in [2.75, 3.05) is 0 Å². The Kier molecular flexibility index (Phi) is 2.44. The van der Waals surface area contributed by atoms with E-state index in [0.29, 0.717) is 0 Å². The maximum absolute atomic E-state index is 3.18. The number of rotatable bonds is 1. The van der Waals surface area contributed by atoms with Gasteiger partial charge in [-0.25, -0.2) is 0 Å². The molecule has 0 amide bonds. The van der Waals surface area contributed by atoms with Crippen molar-refractivity contribution in [2.45, 2.75) is 0 Å². The number of hydrogen-bond donors (Lipinski definition) is 1. The van der Waals surface area contributed by atoms with Crippen LogP contribution in [0.25, 0.3) is 21.9 Å². The van der Waals surface area contributed by atoms with E-state index < -0.39 is 0 Å². The molecule has 0 radical (unpaired) electrons. The van der Waals surface area contributed by atoms with Gasteiger partial charge in [-0.2, -0.15) is 0 Å². The molecular weight excluding hydrogens is 309 g/mol. The first kappa shape index (κ1) is 9.90. The van der Waals surface area contributed by atoms with Gasteiger partial charge in [0, 0.05) is 26.7 Å². The van der Waals surface area contributed by atoms with E-state index in [2.05, 4.69) is 76.4 Å². The molecule has 2 aromatic carbocycles. The number of nitrogens with one attached hydrogen (secondary N) is 1. The van der Waals surface area contributed by atoms with Crippen LogP contribution in [0.4, 0.5) is 0 Å². The molecule has 3 rings (SSSR count). The lowest BCUT2D eigenvalue weighted by Crippen LogP contribution is -1.80. The zero-order chi connectivity index (χ0) is 11.0. The molecule has 0 atom stereocenters. The quantitative estimate of drug-likeness (QED) is 0.638. The second-order valence-corrected chi connectivity index (χ2v) is 4.91. The van der Waals surface area contributed by atoms with Crippen molar-refractivity contribution in [1.29, 1.82) is 0 Å². The Morgan fingerprint density at radius 3 is 2.38 bits per heavy atom. The molecule has 0 aliphatic heterocycles. The van der Waals surface area contributed by atoms with Gasteiger partial charge in [0.25, 0.3) is 0 Å². The molecule has 0 saturated carbocycles. The third-order valence-corrected chi connectivity index (χ3v) is 3.71. The average Bonchev–Trinajstić information content (AvgIpc) is 2.81. The van der Waals surface area contributed by atoms with Crippen LogP contribution in [-0.2, 0) is 0 Å². The Morgan fingerprint density at radius 2 is 1.56 bits per heavy atom. The lowest BCUT2D eigenvalue weighted by Gasteiger charge is -2.04. The zero-order valence-corrected chi connectivity index (χ0v) is 10.7. The molecule has 1 aromatic heterocycles. The van der Waals surface area contributed by atoms with Gasteiger partial charge in [0.1, 0.15) is 0 Å². The summed E-state index contributed by atoms with van der Waals surface area (Å²) < 4.78 is 1.29. The van der Waals surface area contributed by atoms with E-state index >= 15 is 0 Å². The fourth-order valence-electron chi connectivity index (χ4n) is 1.99. The maximum atomic E-state index is 3.18. The van der Waals surface area contributed by atoms with Crippen LogP contribution in [-0.4, -0.2) is 4.98 Å². The van der Waals surface area contributed by atoms with Gasteiger partial charge in [0.15, 0.2) is 0 Å². The maximum Gasteiger partial charge on any atom is 0.0224 e. The molecule has 1 heterocycles. The standard InChI is InChI=1S/C14H10IN/c15-14-7-6-11(10-4-2-1-3-5-10)12-8-16-9-13(12)14/h1-9,16H. The van der Waals surface area contributed by atoms with Gasteiger partial charge < -0.3 is 4.98 Å². The van der Waals surface area contributed by atoms with E-state index in [-0.39, 0.29) is 0 Å². The van der Waals surface area contributed by atoms with Crippen LogP contribution in [0, 0.1) is 3.57 Å². The largest absolute Gasteiger partial charge is 0.366 e. The lowest BCUT2D eigenvalue weighted by molar-refractivity contribution is 1.43. The van der Waals surface area contributed by atoms with Crippen LogP contribution >= 0.6 is 22.6 Å². The predicted molar refractivity (Wildman–Crippen MR) is 76.5 cm³/mol. The second-order valence-electron chi connectivity index (χ2n) is 3.74. The number of aromatic nitrogens is 1. The monoisotopic (exact) mass is 319 g/mol. The van der Waals surface area contributed by atoms with Crippen molar-refractivity contribution in [3.05, 3.63) is 58.4 Å².